The van der Waals surface area contributed by atoms with Crippen molar-refractivity contribution in [2.75, 3.05) is 5.32 Å². The number of benzene rings is 1. The Morgan fingerprint density at radius 1 is 1.53 bits per heavy atom. The summed E-state index contributed by atoms with van der Waals surface area (Å²) in [5.41, 5.74) is 0.754. The van der Waals surface area contributed by atoms with Gasteiger partial charge in [-0.05, 0) is 34.1 Å². The molecule has 0 saturated heterocycles. The van der Waals surface area contributed by atoms with Gasteiger partial charge >= 0.3 is 5.97 Å². The van der Waals surface area contributed by atoms with Crippen LogP contribution in [0.2, 0.25) is 5.02 Å². The number of nitrogens with one attached hydrogen (secondary N) is 1. The first kappa shape index (κ1) is 12.3. The van der Waals surface area contributed by atoms with Crippen molar-refractivity contribution in [1.29, 1.82) is 0 Å². The van der Waals surface area contributed by atoms with Crippen LogP contribution in [-0.2, 0) is 0 Å². The smallest absolute Gasteiger partial charge is 0.347 e. The van der Waals surface area contributed by atoms with E-state index in [0.29, 0.717) is 10.2 Å². The fourth-order valence-corrected chi connectivity index (χ4v) is 2.23. The molecule has 0 fully saturated rings. The summed E-state index contributed by atoms with van der Waals surface area (Å²) in [6.07, 6.45) is 1.32. The Bertz CT molecular complexity index is 573. The van der Waals surface area contributed by atoms with Gasteiger partial charge in [0.1, 0.15) is 4.88 Å². The van der Waals surface area contributed by atoms with Gasteiger partial charge in [-0.1, -0.05) is 22.9 Å². The number of hydrogen-bond donors (Lipinski definition) is 2. The van der Waals surface area contributed by atoms with Gasteiger partial charge in [0.25, 0.3) is 0 Å². The zero-order valence-electron chi connectivity index (χ0n) is 8.28. The van der Waals surface area contributed by atoms with E-state index >= 15 is 0 Å². The summed E-state index contributed by atoms with van der Waals surface area (Å²) < 4.78 is 0.801. The molecule has 0 radical (unpaired) electrons. The Balaban J connectivity index is 2.19. The van der Waals surface area contributed by atoms with Crippen molar-refractivity contribution in [3.63, 3.8) is 0 Å². The summed E-state index contributed by atoms with van der Waals surface area (Å²) in [4.78, 5) is 14.8. The van der Waals surface area contributed by atoms with Gasteiger partial charge in [-0.15, -0.1) is 0 Å². The number of hydrogen-bond acceptors (Lipinski definition) is 4. The molecule has 1 aromatic carbocycles. The normalized spacial score (nSPS) is 10.2. The predicted octanol–water partition coefficient (Wildman–Crippen LogP) is 4.00. The van der Waals surface area contributed by atoms with Crippen molar-refractivity contribution in [3.05, 3.63) is 38.8 Å². The molecule has 1 heterocycles. The van der Waals surface area contributed by atoms with Crippen LogP contribution in [-0.4, -0.2) is 16.1 Å². The van der Waals surface area contributed by atoms with Gasteiger partial charge in [-0.2, -0.15) is 0 Å². The summed E-state index contributed by atoms with van der Waals surface area (Å²) in [5, 5.41) is 12.8. The lowest BCUT2D eigenvalue weighted by Crippen LogP contribution is -1.90. The third-order valence-electron chi connectivity index (χ3n) is 1.89. The van der Waals surface area contributed by atoms with Crippen molar-refractivity contribution in [3.8, 4) is 0 Å². The molecule has 2 aromatic rings. The lowest BCUT2D eigenvalue weighted by Gasteiger charge is -2.03. The zero-order valence-corrected chi connectivity index (χ0v) is 11.4. The number of aromatic nitrogens is 1. The van der Waals surface area contributed by atoms with Crippen LogP contribution in [0.25, 0.3) is 0 Å². The van der Waals surface area contributed by atoms with Gasteiger partial charge in [-0.25, -0.2) is 9.78 Å². The second kappa shape index (κ2) is 5.03. The molecule has 0 atom stereocenters. The maximum atomic E-state index is 10.7. The van der Waals surface area contributed by atoms with E-state index in [1.165, 1.54) is 6.20 Å². The highest BCUT2D eigenvalue weighted by atomic mass is 79.9. The van der Waals surface area contributed by atoms with E-state index in [9.17, 15) is 4.79 Å². The van der Waals surface area contributed by atoms with Crippen LogP contribution >= 0.6 is 38.9 Å². The fraction of sp³-hybridized carbons (Fsp3) is 0. The molecule has 4 nitrogen and oxygen atoms in total. The summed E-state index contributed by atoms with van der Waals surface area (Å²) in [5.74, 6) is -0.982. The largest absolute Gasteiger partial charge is 0.477 e. The maximum absolute atomic E-state index is 10.7. The van der Waals surface area contributed by atoms with Crippen molar-refractivity contribution in [2.24, 2.45) is 0 Å². The Labute approximate surface area is 114 Å². The third kappa shape index (κ3) is 2.96. The Hall–Kier alpha value is -1.11. The minimum atomic E-state index is -0.982. The van der Waals surface area contributed by atoms with Crippen LogP contribution in [0.15, 0.2) is 28.9 Å². The van der Waals surface area contributed by atoms with Crippen LogP contribution in [0.5, 0.6) is 0 Å². The van der Waals surface area contributed by atoms with E-state index in [0.717, 1.165) is 21.5 Å². The van der Waals surface area contributed by atoms with Gasteiger partial charge in [0, 0.05) is 10.2 Å². The lowest BCUT2D eigenvalue weighted by atomic mass is 10.3. The van der Waals surface area contributed by atoms with E-state index in [1.54, 1.807) is 12.1 Å². The summed E-state index contributed by atoms with van der Waals surface area (Å²) in [7, 11) is 0. The number of carbonyl (C=O) groups is 1. The molecule has 0 bridgehead atoms. The Morgan fingerprint density at radius 3 is 2.88 bits per heavy atom. The van der Waals surface area contributed by atoms with Crippen LogP contribution in [0, 0.1) is 0 Å². The van der Waals surface area contributed by atoms with E-state index in [4.69, 9.17) is 16.7 Å². The van der Waals surface area contributed by atoms with Crippen molar-refractivity contribution < 1.29 is 9.90 Å². The topological polar surface area (TPSA) is 62.2 Å². The predicted molar refractivity (Wildman–Crippen MR) is 71.5 cm³/mol. The molecule has 7 heteroatoms. The minimum absolute atomic E-state index is 0.190. The van der Waals surface area contributed by atoms with E-state index in [-0.39, 0.29) is 4.88 Å². The summed E-state index contributed by atoms with van der Waals surface area (Å²) in [6.45, 7) is 0. The van der Waals surface area contributed by atoms with Gasteiger partial charge in [0.2, 0.25) is 0 Å². The SMILES string of the molecule is O=C(O)c1cnc(Nc2ccc(Br)c(Cl)c2)s1. The first-order valence-electron chi connectivity index (χ1n) is 4.47. The number of aromatic carboxylic acids is 1. The van der Waals surface area contributed by atoms with Crippen molar-refractivity contribution >= 4 is 55.7 Å². The molecule has 0 unspecified atom stereocenters. The van der Waals surface area contributed by atoms with Crippen LogP contribution in [0.3, 0.4) is 0 Å². The number of nitrogens with zero attached hydrogens (tertiary/aromatic N) is 1. The number of carboxylic acids is 1. The average Bonchev–Trinajstić information content (AvgIpc) is 2.72. The minimum Gasteiger partial charge on any atom is -0.477 e. The van der Waals surface area contributed by atoms with Gasteiger partial charge in [-0.3, -0.25) is 0 Å². The number of rotatable bonds is 3. The molecule has 88 valence electrons. The first-order valence-corrected chi connectivity index (χ1v) is 6.46. The number of thiazole rings is 1. The molecule has 2 rings (SSSR count). The highest BCUT2D eigenvalue weighted by Gasteiger charge is 2.08. The molecule has 0 amide bonds. The molecule has 2 N–H and O–H groups in total. The number of halogens is 2. The highest BCUT2D eigenvalue weighted by Crippen LogP contribution is 2.28. The Morgan fingerprint density at radius 2 is 2.29 bits per heavy atom. The van der Waals surface area contributed by atoms with Crippen molar-refractivity contribution in [2.45, 2.75) is 0 Å². The fourth-order valence-electron chi connectivity index (χ4n) is 1.13. The average molecular weight is 334 g/mol. The number of anilines is 2. The maximum Gasteiger partial charge on any atom is 0.347 e. The summed E-state index contributed by atoms with van der Waals surface area (Å²) >= 11 is 10.3. The van der Waals surface area contributed by atoms with Crippen molar-refractivity contribution in [1.82, 2.24) is 4.98 Å². The first-order chi connectivity index (χ1) is 8.06. The van der Waals surface area contributed by atoms with Crippen LogP contribution in [0.1, 0.15) is 9.67 Å². The molecule has 0 aliphatic carbocycles. The lowest BCUT2D eigenvalue weighted by molar-refractivity contribution is 0.0702. The molecule has 0 aliphatic rings. The molecular formula is C10H6BrClN2O2S. The summed E-state index contributed by atoms with van der Waals surface area (Å²) in [6, 6.07) is 5.35. The van der Waals surface area contributed by atoms with Gasteiger partial charge in [0.15, 0.2) is 5.13 Å². The van der Waals surface area contributed by atoms with E-state index in [2.05, 4.69) is 26.2 Å². The third-order valence-corrected chi connectivity index (χ3v) is 4.02. The molecular weight excluding hydrogens is 328 g/mol. The number of carboxylic acid groups (broad SMARTS) is 1. The molecule has 17 heavy (non-hydrogen) atoms. The van der Waals surface area contributed by atoms with E-state index < -0.39 is 5.97 Å². The second-order valence-electron chi connectivity index (χ2n) is 3.09. The van der Waals surface area contributed by atoms with E-state index in [1.807, 2.05) is 6.07 Å². The van der Waals surface area contributed by atoms with Crippen LogP contribution < -0.4 is 5.32 Å². The zero-order chi connectivity index (χ0) is 12.4. The second-order valence-corrected chi connectivity index (χ2v) is 5.38. The van der Waals surface area contributed by atoms with Crippen LogP contribution in [0.4, 0.5) is 10.8 Å². The molecule has 0 saturated carbocycles. The standard InChI is InChI=1S/C10H6BrClN2O2S/c11-6-2-1-5(3-7(6)12)14-10-13-4-8(17-10)9(15)16/h1-4H,(H,13,14)(H,15,16). The monoisotopic (exact) mass is 332 g/mol. The van der Waals surface area contributed by atoms with Gasteiger partial charge in [0.05, 0.1) is 11.2 Å². The molecule has 1 aromatic heterocycles. The Kier molecular flexibility index (Phi) is 3.66. The molecule has 0 aliphatic heterocycles. The molecule has 0 spiro atoms. The van der Waals surface area contributed by atoms with Gasteiger partial charge < -0.3 is 10.4 Å². The quantitative estimate of drug-likeness (QED) is 0.891. The highest BCUT2D eigenvalue weighted by molar-refractivity contribution is 9.10.